The molecule has 0 unspecified atom stereocenters. The molecular formula is C23H27FN2O4. The second-order valence-corrected chi connectivity index (χ2v) is 7.32. The monoisotopic (exact) mass is 414 g/mol. The topological polar surface area (TPSA) is 59.1 Å². The highest BCUT2D eigenvalue weighted by Gasteiger charge is 2.51. The summed E-state index contributed by atoms with van der Waals surface area (Å²) >= 11 is 0. The zero-order valence-electron chi connectivity index (χ0n) is 17.3. The van der Waals surface area contributed by atoms with E-state index in [4.69, 9.17) is 0 Å². The lowest BCUT2D eigenvalue weighted by Gasteiger charge is -2.40. The summed E-state index contributed by atoms with van der Waals surface area (Å²) in [7, 11) is 2.11. The Morgan fingerprint density at radius 3 is 1.70 bits per heavy atom. The van der Waals surface area contributed by atoms with Gasteiger partial charge in [-0.05, 0) is 11.1 Å². The zero-order chi connectivity index (χ0) is 21.6. The Bertz CT molecular complexity index is 783. The summed E-state index contributed by atoms with van der Waals surface area (Å²) in [5.74, 6) is -2.47. The number of carbonyl (C=O) groups excluding carboxylic acids is 2. The van der Waals surface area contributed by atoms with E-state index in [-0.39, 0.29) is 12.6 Å². The number of carbonyl (C=O) groups is 2. The standard InChI is InChI=1S/C23H27FN2O4/c1-29-21(27)23(24,22(28)30-2)17-25-13-15-26(16-14-25)20(18-9-5-3-6-10-18)19-11-7-4-8-12-19/h3-12,20H,13-17H2,1-2H3. The Labute approximate surface area is 176 Å². The molecule has 30 heavy (non-hydrogen) atoms. The lowest BCUT2D eigenvalue weighted by atomic mass is 9.96. The first-order valence-corrected chi connectivity index (χ1v) is 9.91. The van der Waals surface area contributed by atoms with Gasteiger partial charge in [-0.15, -0.1) is 0 Å². The van der Waals surface area contributed by atoms with Crippen molar-refractivity contribution in [1.82, 2.24) is 9.80 Å². The number of alkyl halides is 1. The van der Waals surface area contributed by atoms with Crippen LogP contribution in [-0.2, 0) is 19.1 Å². The molecule has 0 atom stereocenters. The number of hydrogen-bond acceptors (Lipinski definition) is 6. The van der Waals surface area contributed by atoms with Gasteiger partial charge in [0, 0.05) is 26.2 Å². The van der Waals surface area contributed by atoms with Crippen molar-refractivity contribution in [2.75, 3.05) is 46.9 Å². The van der Waals surface area contributed by atoms with Crippen LogP contribution in [0.3, 0.4) is 0 Å². The molecular weight excluding hydrogens is 387 g/mol. The van der Waals surface area contributed by atoms with Gasteiger partial charge in [-0.2, -0.15) is 0 Å². The number of methoxy groups -OCH3 is 2. The minimum absolute atomic E-state index is 0.0749. The van der Waals surface area contributed by atoms with Crippen LogP contribution >= 0.6 is 0 Å². The summed E-state index contributed by atoms with van der Waals surface area (Å²) in [4.78, 5) is 27.9. The van der Waals surface area contributed by atoms with E-state index >= 15 is 4.39 Å². The molecule has 2 aromatic carbocycles. The fraction of sp³-hybridized carbons (Fsp3) is 0.391. The number of ether oxygens (including phenoxy) is 2. The molecule has 160 valence electrons. The van der Waals surface area contributed by atoms with Gasteiger partial charge in [0.25, 0.3) is 0 Å². The van der Waals surface area contributed by atoms with Gasteiger partial charge in [0.1, 0.15) is 0 Å². The van der Waals surface area contributed by atoms with Crippen molar-refractivity contribution >= 4 is 11.9 Å². The smallest absolute Gasteiger partial charge is 0.356 e. The molecule has 6 nitrogen and oxygen atoms in total. The average Bonchev–Trinajstić information content (AvgIpc) is 2.80. The Hall–Kier alpha value is -2.77. The summed E-state index contributed by atoms with van der Waals surface area (Å²) in [6, 6.07) is 20.5. The highest BCUT2D eigenvalue weighted by molar-refractivity contribution is 6.03. The van der Waals surface area contributed by atoms with Crippen LogP contribution in [0, 0.1) is 0 Å². The molecule has 1 saturated heterocycles. The van der Waals surface area contributed by atoms with E-state index in [0.717, 1.165) is 14.2 Å². The second-order valence-electron chi connectivity index (χ2n) is 7.32. The molecule has 1 aliphatic heterocycles. The Balaban J connectivity index is 1.74. The molecule has 1 aliphatic rings. The number of nitrogens with zero attached hydrogens (tertiary/aromatic N) is 2. The summed E-state index contributed by atoms with van der Waals surface area (Å²) in [6.07, 6.45) is 0. The number of esters is 2. The highest BCUT2D eigenvalue weighted by Crippen LogP contribution is 2.30. The first-order chi connectivity index (χ1) is 14.5. The summed E-state index contributed by atoms with van der Waals surface area (Å²) in [5, 5.41) is 0. The predicted octanol–water partition coefficient (Wildman–Crippen LogP) is 2.45. The summed E-state index contributed by atoms with van der Waals surface area (Å²) in [5.41, 5.74) is -0.466. The fourth-order valence-electron chi connectivity index (χ4n) is 3.91. The van der Waals surface area contributed by atoms with E-state index < -0.39 is 17.6 Å². The molecule has 0 amide bonds. The number of halogens is 1. The Morgan fingerprint density at radius 2 is 1.30 bits per heavy atom. The molecule has 0 aromatic heterocycles. The fourth-order valence-corrected chi connectivity index (χ4v) is 3.91. The minimum atomic E-state index is -2.83. The predicted molar refractivity (Wildman–Crippen MR) is 111 cm³/mol. The van der Waals surface area contributed by atoms with Gasteiger partial charge in [0.2, 0.25) is 0 Å². The van der Waals surface area contributed by atoms with Crippen LogP contribution in [0.1, 0.15) is 17.2 Å². The SMILES string of the molecule is COC(=O)C(F)(CN1CCN(C(c2ccccc2)c2ccccc2)CC1)C(=O)OC. The Morgan fingerprint density at radius 1 is 0.867 bits per heavy atom. The molecule has 0 N–H and O–H groups in total. The molecule has 0 aliphatic carbocycles. The van der Waals surface area contributed by atoms with Crippen molar-refractivity contribution in [2.45, 2.75) is 11.7 Å². The first kappa shape index (κ1) is 21.9. The third kappa shape index (κ3) is 4.68. The lowest BCUT2D eigenvalue weighted by Crippen LogP contribution is -2.57. The first-order valence-electron chi connectivity index (χ1n) is 9.91. The number of rotatable bonds is 7. The maximum atomic E-state index is 15.1. The summed E-state index contributed by atoms with van der Waals surface area (Å²) in [6.45, 7) is 1.95. The number of piperazine rings is 1. The van der Waals surface area contributed by atoms with Crippen LogP contribution in [0.5, 0.6) is 0 Å². The maximum absolute atomic E-state index is 15.1. The highest BCUT2D eigenvalue weighted by atomic mass is 19.1. The van der Waals surface area contributed by atoms with Crippen LogP contribution < -0.4 is 0 Å². The Kier molecular flexibility index (Phi) is 7.18. The van der Waals surface area contributed by atoms with Crippen molar-refractivity contribution < 1.29 is 23.5 Å². The van der Waals surface area contributed by atoms with Crippen molar-refractivity contribution in [3.8, 4) is 0 Å². The van der Waals surface area contributed by atoms with E-state index in [1.807, 2.05) is 36.4 Å². The number of hydrogen-bond donors (Lipinski definition) is 0. The van der Waals surface area contributed by atoms with Crippen LogP contribution in [-0.4, -0.2) is 74.4 Å². The van der Waals surface area contributed by atoms with E-state index in [1.54, 1.807) is 4.90 Å². The third-order valence-corrected chi connectivity index (χ3v) is 5.46. The van der Waals surface area contributed by atoms with Gasteiger partial charge in [0.15, 0.2) is 0 Å². The van der Waals surface area contributed by atoms with E-state index in [9.17, 15) is 9.59 Å². The van der Waals surface area contributed by atoms with Gasteiger partial charge in [0.05, 0.1) is 26.8 Å². The molecule has 7 heteroatoms. The molecule has 1 heterocycles. The lowest BCUT2D eigenvalue weighted by molar-refractivity contribution is -0.173. The van der Waals surface area contributed by atoms with Crippen molar-refractivity contribution in [3.05, 3.63) is 71.8 Å². The normalized spacial score (nSPS) is 15.7. The third-order valence-electron chi connectivity index (χ3n) is 5.46. The molecule has 0 spiro atoms. The van der Waals surface area contributed by atoms with Gasteiger partial charge >= 0.3 is 17.6 Å². The van der Waals surface area contributed by atoms with Crippen LogP contribution in [0.2, 0.25) is 0 Å². The molecule has 3 rings (SSSR count). The second kappa shape index (κ2) is 9.82. The zero-order valence-corrected chi connectivity index (χ0v) is 17.3. The maximum Gasteiger partial charge on any atom is 0.356 e. The number of benzene rings is 2. The average molecular weight is 414 g/mol. The van der Waals surface area contributed by atoms with E-state index in [2.05, 4.69) is 38.6 Å². The molecule has 1 fully saturated rings. The largest absolute Gasteiger partial charge is 0.466 e. The van der Waals surface area contributed by atoms with E-state index in [1.165, 1.54) is 11.1 Å². The summed E-state index contributed by atoms with van der Waals surface area (Å²) < 4.78 is 24.2. The van der Waals surface area contributed by atoms with Crippen LogP contribution in [0.4, 0.5) is 4.39 Å². The van der Waals surface area contributed by atoms with Crippen molar-refractivity contribution in [2.24, 2.45) is 0 Å². The molecule has 2 aromatic rings. The molecule has 0 radical (unpaired) electrons. The van der Waals surface area contributed by atoms with Gasteiger partial charge in [-0.1, -0.05) is 60.7 Å². The van der Waals surface area contributed by atoms with Crippen molar-refractivity contribution in [1.29, 1.82) is 0 Å². The van der Waals surface area contributed by atoms with E-state index in [0.29, 0.717) is 26.2 Å². The van der Waals surface area contributed by atoms with Gasteiger partial charge in [-0.25, -0.2) is 14.0 Å². The quantitative estimate of drug-likeness (QED) is 0.512. The van der Waals surface area contributed by atoms with Crippen molar-refractivity contribution in [3.63, 3.8) is 0 Å². The van der Waals surface area contributed by atoms with Crippen LogP contribution in [0.15, 0.2) is 60.7 Å². The van der Waals surface area contributed by atoms with Crippen LogP contribution in [0.25, 0.3) is 0 Å². The van der Waals surface area contributed by atoms with Gasteiger partial charge < -0.3 is 9.47 Å². The van der Waals surface area contributed by atoms with Gasteiger partial charge in [-0.3, -0.25) is 9.80 Å². The molecule has 0 bridgehead atoms. The minimum Gasteiger partial charge on any atom is -0.466 e. The molecule has 0 saturated carbocycles.